The van der Waals surface area contributed by atoms with Crippen molar-refractivity contribution in [1.82, 2.24) is 5.32 Å². The molecule has 1 saturated carbocycles. The highest BCUT2D eigenvalue weighted by Gasteiger charge is 2.44. The average Bonchev–Trinajstić information content (AvgIpc) is 3.68. The van der Waals surface area contributed by atoms with Crippen molar-refractivity contribution in [2.24, 2.45) is 0 Å². The van der Waals surface area contributed by atoms with E-state index in [1.54, 1.807) is 36.4 Å². The van der Waals surface area contributed by atoms with Crippen LogP contribution in [0, 0.1) is 0 Å². The Morgan fingerprint density at radius 3 is 2.26 bits per heavy atom. The number of hydrogen-bond acceptors (Lipinski definition) is 5. The van der Waals surface area contributed by atoms with Gasteiger partial charge < -0.3 is 24.8 Å². The monoisotopic (exact) mass is 460 g/mol. The SMILES string of the molecule is COc1ccccc1NC(=O)COc1ccc(C(=O)NCC2(c3ccccc3)CC2)cc1OC. The zero-order valence-corrected chi connectivity index (χ0v) is 19.3. The minimum Gasteiger partial charge on any atom is -0.495 e. The molecule has 0 aliphatic heterocycles. The first kappa shape index (κ1) is 23.2. The highest BCUT2D eigenvalue weighted by molar-refractivity contribution is 5.95. The van der Waals surface area contributed by atoms with Gasteiger partial charge in [-0.2, -0.15) is 0 Å². The maximum atomic E-state index is 12.8. The van der Waals surface area contributed by atoms with Gasteiger partial charge in [-0.15, -0.1) is 0 Å². The topological polar surface area (TPSA) is 85.9 Å². The van der Waals surface area contributed by atoms with Crippen LogP contribution in [-0.2, 0) is 10.2 Å². The predicted molar refractivity (Wildman–Crippen MR) is 130 cm³/mol. The molecule has 0 saturated heterocycles. The number of nitrogens with one attached hydrogen (secondary N) is 2. The highest BCUT2D eigenvalue weighted by atomic mass is 16.5. The maximum absolute atomic E-state index is 12.8. The fourth-order valence-electron chi connectivity index (χ4n) is 3.87. The lowest BCUT2D eigenvalue weighted by Crippen LogP contribution is -2.32. The van der Waals surface area contributed by atoms with Gasteiger partial charge in [0.2, 0.25) is 0 Å². The van der Waals surface area contributed by atoms with Crippen LogP contribution in [0.1, 0.15) is 28.8 Å². The second kappa shape index (κ2) is 10.3. The van der Waals surface area contributed by atoms with Gasteiger partial charge in [-0.25, -0.2) is 0 Å². The predicted octanol–water partition coefficient (Wildman–Crippen LogP) is 4.18. The molecule has 0 heterocycles. The fourth-order valence-corrected chi connectivity index (χ4v) is 3.87. The van der Waals surface area contributed by atoms with E-state index in [0.717, 1.165) is 12.8 Å². The molecule has 2 N–H and O–H groups in total. The molecule has 1 aliphatic rings. The van der Waals surface area contributed by atoms with Gasteiger partial charge in [0.1, 0.15) is 5.75 Å². The van der Waals surface area contributed by atoms with Gasteiger partial charge in [-0.1, -0.05) is 42.5 Å². The number of hydrogen-bond donors (Lipinski definition) is 2. The Morgan fingerprint density at radius 1 is 0.853 bits per heavy atom. The molecule has 0 spiro atoms. The molecule has 34 heavy (non-hydrogen) atoms. The lowest BCUT2D eigenvalue weighted by atomic mass is 9.96. The van der Waals surface area contributed by atoms with Gasteiger partial charge in [0, 0.05) is 17.5 Å². The van der Waals surface area contributed by atoms with E-state index in [9.17, 15) is 9.59 Å². The molecule has 7 heteroatoms. The van der Waals surface area contributed by atoms with Crippen LogP contribution in [0.4, 0.5) is 5.69 Å². The van der Waals surface area contributed by atoms with Crippen LogP contribution in [-0.4, -0.2) is 39.2 Å². The molecular formula is C27H28N2O5. The van der Waals surface area contributed by atoms with Crippen LogP contribution < -0.4 is 24.8 Å². The summed E-state index contributed by atoms with van der Waals surface area (Å²) in [5.74, 6) is 0.785. The summed E-state index contributed by atoms with van der Waals surface area (Å²) >= 11 is 0. The first-order valence-electron chi connectivity index (χ1n) is 11.1. The second-order valence-electron chi connectivity index (χ2n) is 8.23. The Balaban J connectivity index is 1.35. The van der Waals surface area contributed by atoms with Crippen molar-refractivity contribution >= 4 is 17.5 Å². The van der Waals surface area contributed by atoms with Crippen LogP contribution in [0.25, 0.3) is 0 Å². The van der Waals surface area contributed by atoms with Gasteiger partial charge >= 0.3 is 0 Å². The van der Waals surface area contributed by atoms with E-state index in [4.69, 9.17) is 14.2 Å². The smallest absolute Gasteiger partial charge is 0.262 e. The van der Waals surface area contributed by atoms with Crippen molar-refractivity contribution in [3.05, 3.63) is 83.9 Å². The molecule has 3 aromatic rings. The number of carbonyl (C=O) groups is 2. The number of anilines is 1. The molecule has 1 aliphatic carbocycles. The minimum absolute atomic E-state index is 0.0266. The standard InChI is InChI=1S/C27H28N2O5/c1-32-22-11-7-6-10-21(22)29-25(30)17-34-23-13-12-19(16-24(23)33-2)26(31)28-18-27(14-15-27)20-8-4-3-5-9-20/h3-13,16H,14-15,17-18H2,1-2H3,(H,28,31)(H,29,30). The van der Waals surface area contributed by atoms with Crippen LogP contribution in [0.15, 0.2) is 72.8 Å². The van der Waals surface area contributed by atoms with Gasteiger partial charge in [0.15, 0.2) is 18.1 Å². The third-order valence-electron chi connectivity index (χ3n) is 5.99. The number of methoxy groups -OCH3 is 2. The van der Waals surface area contributed by atoms with Crippen molar-refractivity contribution in [2.45, 2.75) is 18.3 Å². The summed E-state index contributed by atoms with van der Waals surface area (Å²) in [5, 5.41) is 5.80. The number of benzene rings is 3. The molecule has 0 aromatic heterocycles. The summed E-state index contributed by atoms with van der Waals surface area (Å²) in [4.78, 5) is 25.1. The normalized spacial score (nSPS) is 13.5. The lowest BCUT2D eigenvalue weighted by molar-refractivity contribution is -0.118. The first-order valence-corrected chi connectivity index (χ1v) is 11.1. The zero-order chi connectivity index (χ0) is 24.0. The Labute approximate surface area is 199 Å². The minimum atomic E-state index is -0.344. The molecular weight excluding hydrogens is 432 g/mol. The maximum Gasteiger partial charge on any atom is 0.262 e. The molecule has 1 fully saturated rings. The van der Waals surface area contributed by atoms with Crippen LogP contribution in [0.5, 0.6) is 17.2 Å². The molecule has 176 valence electrons. The molecule has 0 radical (unpaired) electrons. The number of amides is 2. The molecule has 0 unspecified atom stereocenters. The Kier molecular flexibility index (Phi) is 7.01. The first-order chi connectivity index (χ1) is 16.5. The molecule has 3 aromatic carbocycles. The zero-order valence-electron chi connectivity index (χ0n) is 19.3. The van der Waals surface area contributed by atoms with E-state index in [-0.39, 0.29) is 23.8 Å². The van der Waals surface area contributed by atoms with Crippen LogP contribution in [0.3, 0.4) is 0 Å². The van der Waals surface area contributed by atoms with E-state index < -0.39 is 0 Å². The van der Waals surface area contributed by atoms with Crippen LogP contribution in [0.2, 0.25) is 0 Å². The molecule has 0 bridgehead atoms. The van der Waals surface area contributed by atoms with Gasteiger partial charge in [-0.05, 0) is 48.7 Å². The van der Waals surface area contributed by atoms with E-state index in [1.165, 1.54) is 19.8 Å². The lowest BCUT2D eigenvalue weighted by Gasteiger charge is -2.17. The fraction of sp³-hybridized carbons (Fsp3) is 0.259. The summed E-state index contributed by atoms with van der Waals surface area (Å²) in [6, 6.07) is 22.3. The van der Waals surface area contributed by atoms with Crippen molar-refractivity contribution in [3.63, 3.8) is 0 Å². The van der Waals surface area contributed by atoms with E-state index >= 15 is 0 Å². The Bertz CT molecular complexity index is 1160. The molecule has 2 amide bonds. The van der Waals surface area contributed by atoms with E-state index in [0.29, 0.717) is 35.0 Å². The number of ether oxygens (including phenoxy) is 3. The Hall–Kier alpha value is -4.00. The van der Waals surface area contributed by atoms with Gasteiger partial charge in [0.05, 0.1) is 19.9 Å². The van der Waals surface area contributed by atoms with Crippen molar-refractivity contribution in [2.75, 3.05) is 32.7 Å². The average molecular weight is 461 g/mol. The van der Waals surface area contributed by atoms with Crippen LogP contribution >= 0.6 is 0 Å². The third kappa shape index (κ3) is 5.31. The summed E-state index contributed by atoms with van der Waals surface area (Å²) < 4.78 is 16.3. The molecule has 7 nitrogen and oxygen atoms in total. The highest BCUT2D eigenvalue weighted by Crippen LogP contribution is 2.47. The summed E-state index contributed by atoms with van der Waals surface area (Å²) in [5.41, 5.74) is 2.30. The molecule has 0 atom stereocenters. The van der Waals surface area contributed by atoms with Gasteiger partial charge in [-0.3, -0.25) is 9.59 Å². The van der Waals surface area contributed by atoms with Crippen molar-refractivity contribution in [1.29, 1.82) is 0 Å². The van der Waals surface area contributed by atoms with Gasteiger partial charge in [0.25, 0.3) is 11.8 Å². The number of rotatable bonds is 10. The Morgan fingerprint density at radius 2 is 1.56 bits per heavy atom. The third-order valence-corrected chi connectivity index (χ3v) is 5.99. The number of carbonyl (C=O) groups excluding carboxylic acids is 2. The molecule has 4 rings (SSSR count). The van der Waals surface area contributed by atoms with E-state index in [2.05, 4.69) is 22.8 Å². The summed E-state index contributed by atoms with van der Waals surface area (Å²) in [7, 11) is 3.03. The summed E-state index contributed by atoms with van der Waals surface area (Å²) in [6.07, 6.45) is 2.12. The quantitative estimate of drug-likeness (QED) is 0.474. The summed E-state index contributed by atoms with van der Waals surface area (Å²) in [6.45, 7) is 0.360. The second-order valence-corrected chi connectivity index (χ2v) is 8.23. The van der Waals surface area contributed by atoms with E-state index in [1.807, 2.05) is 24.3 Å². The number of para-hydroxylation sites is 2. The van der Waals surface area contributed by atoms with Crippen molar-refractivity contribution < 1.29 is 23.8 Å². The van der Waals surface area contributed by atoms with Crippen molar-refractivity contribution in [3.8, 4) is 17.2 Å². The largest absolute Gasteiger partial charge is 0.495 e.